The van der Waals surface area contributed by atoms with E-state index in [9.17, 15) is 0 Å². The molecule has 0 aliphatic carbocycles. The van der Waals surface area contributed by atoms with Crippen molar-refractivity contribution in [2.24, 2.45) is 0 Å². The smallest absolute Gasteiger partial charge is 0.137 e. The van der Waals surface area contributed by atoms with E-state index in [1.165, 1.54) is 28.5 Å². The molecule has 1 atom stereocenters. The number of benzene rings is 2. The molecule has 0 spiro atoms. The number of rotatable bonds is 6. The van der Waals surface area contributed by atoms with Gasteiger partial charge in [-0.2, -0.15) is 0 Å². The third kappa shape index (κ3) is 3.90. The van der Waals surface area contributed by atoms with Gasteiger partial charge in [0.1, 0.15) is 11.6 Å². The Morgan fingerprint density at radius 3 is 2.70 bits per heavy atom. The zero-order valence-corrected chi connectivity index (χ0v) is 17.6. The zero-order chi connectivity index (χ0) is 20.3. The molecule has 0 amide bonds. The molecule has 2 aromatic carbocycles. The van der Waals surface area contributed by atoms with Crippen molar-refractivity contribution in [3.8, 4) is 0 Å². The van der Waals surface area contributed by atoms with E-state index in [1.54, 1.807) is 0 Å². The van der Waals surface area contributed by atoms with Crippen LogP contribution in [0.15, 0.2) is 60.8 Å². The summed E-state index contributed by atoms with van der Waals surface area (Å²) in [5.41, 5.74) is 3.95. The number of fused-ring (bicyclic) bond motifs is 2. The van der Waals surface area contributed by atoms with Crippen LogP contribution in [-0.2, 0) is 25.8 Å². The summed E-state index contributed by atoms with van der Waals surface area (Å²) in [5.74, 6) is 2.22. The summed E-state index contributed by atoms with van der Waals surface area (Å²) < 4.78 is 2.35. The standard InChI is InChI=1S/C25H29N5/c1-19(11-12-21-18-26-23-10-6-5-9-22(21)23)29-14-13-24-27-28-25(30(24)16-15-29)17-20-7-3-2-4-8-20/h2-10,18-19,26H,11-17H2,1H3. The molecule has 0 bridgehead atoms. The third-order valence-corrected chi connectivity index (χ3v) is 6.47. The quantitative estimate of drug-likeness (QED) is 0.528. The van der Waals surface area contributed by atoms with Crippen LogP contribution in [-0.4, -0.2) is 43.8 Å². The van der Waals surface area contributed by atoms with E-state index in [4.69, 9.17) is 0 Å². The Kier molecular flexibility index (Phi) is 5.37. The van der Waals surface area contributed by atoms with E-state index in [0.29, 0.717) is 6.04 Å². The number of H-pyrrole nitrogens is 1. The molecule has 2 aromatic heterocycles. The molecule has 1 unspecified atom stereocenters. The molecule has 0 saturated heterocycles. The van der Waals surface area contributed by atoms with E-state index >= 15 is 0 Å². The van der Waals surface area contributed by atoms with Gasteiger partial charge in [0, 0.05) is 55.6 Å². The van der Waals surface area contributed by atoms with Crippen molar-refractivity contribution in [3.05, 3.63) is 83.6 Å². The Labute approximate surface area is 177 Å². The SMILES string of the molecule is CC(CCc1c[nH]c2ccccc12)N1CCc2nnc(Cc3ccccc3)n2CC1. The van der Waals surface area contributed by atoms with Crippen molar-refractivity contribution >= 4 is 10.9 Å². The minimum atomic E-state index is 0.550. The van der Waals surface area contributed by atoms with Crippen LogP contribution in [0, 0.1) is 0 Å². The van der Waals surface area contributed by atoms with Crippen LogP contribution in [0.4, 0.5) is 0 Å². The summed E-state index contributed by atoms with van der Waals surface area (Å²) in [6.45, 7) is 5.45. The number of nitrogens with one attached hydrogen (secondary N) is 1. The minimum Gasteiger partial charge on any atom is -0.361 e. The van der Waals surface area contributed by atoms with Gasteiger partial charge in [-0.15, -0.1) is 10.2 Å². The van der Waals surface area contributed by atoms with Gasteiger partial charge in [-0.05, 0) is 37.0 Å². The molecule has 5 heteroatoms. The lowest BCUT2D eigenvalue weighted by Crippen LogP contribution is -2.36. The molecule has 3 heterocycles. The highest BCUT2D eigenvalue weighted by atomic mass is 15.3. The number of aromatic amines is 1. The highest BCUT2D eigenvalue weighted by Crippen LogP contribution is 2.21. The molecule has 0 radical (unpaired) electrons. The molecule has 30 heavy (non-hydrogen) atoms. The van der Waals surface area contributed by atoms with Gasteiger partial charge in [0.2, 0.25) is 0 Å². The summed E-state index contributed by atoms with van der Waals surface area (Å²) in [7, 11) is 0. The van der Waals surface area contributed by atoms with E-state index in [1.807, 2.05) is 0 Å². The first-order chi connectivity index (χ1) is 14.8. The van der Waals surface area contributed by atoms with Crippen molar-refractivity contribution in [1.82, 2.24) is 24.6 Å². The Hall–Kier alpha value is -2.92. The monoisotopic (exact) mass is 399 g/mol. The van der Waals surface area contributed by atoms with E-state index < -0.39 is 0 Å². The predicted octanol–water partition coefficient (Wildman–Crippen LogP) is 4.23. The number of aromatic nitrogens is 4. The Balaban J connectivity index is 1.22. The second-order valence-electron chi connectivity index (χ2n) is 8.38. The first-order valence-corrected chi connectivity index (χ1v) is 11.0. The predicted molar refractivity (Wildman–Crippen MR) is 121 cm³/mol. The second kappa shape index (κ2) is 8.44. The van der Waals surface area contributed by atoms with Crippen LogP contribution in [0.3, 0.4) is 0 Å². The van der Waals surface area contributed by atoms with Gasteiger partial charge in [0.05, 0.1) is 0 Å². The van der Waals surface area contributed by atoms with E-state index in [-0.39, 0.29) is 0 Å². The van der Waals surface area contributed by atoms with Gasteiger partial charge >= 0.3 is 0 Å². The molecule has 0 fully saturated rings. The zero-order valence-electron chi connectivity index (χ0n) is 17.6. The molecular formula is C25H29N5. The molecule has 4 aromatic rings. The fourth-order valence-electron chi connectivity index (χ4n) is 4.63. The van der Waals surface area contributed by atoms with Crippen molar-refractivity contribution in [3.63, 3.8) is 0 Å². The number of nitrogens with zero attached hydrogens (tertiary/aromatic N) is 4. The number of hydrogen-bond acceptors (Lipinski definition) is 3. The highest BCUT2D eigenvalue weighted by Gasteiger charge is 2.22. The van der Waals surface area contributed by atoms with Gasteiger partial charge in [-0.25, -0.2) is 0 Å². The summed E-state index contributed by atoms with van der Waals surface area (Å²) in [5, 5.41) is 10.4. The second-order valence-corrected chi connectivity index (χ2v) is 8.38. The van der Waals surface area contributed by atoms with Crippen LogP contribution >= 0.6 is 0 Å². The summed E-state index contributed by atoms with van der Waals surface area (Å²) in [6, 6.07) is 19.7. The van der Waals surface area contributed by atoms with Crippen LogP contribution in [0.2, 0.25) is 0 Å². The van der Waals surface area contributed by atoms with Gasteiger partial charge in [0.25, 0.3) is 0 Å². The van der Waals surface area contributed by atoms with E-state index in [0.717, 1.165) is 50.5 Å². The lowest BCUT2D eigenvalue weighted by molar-refractivity contribution is 0.203. The Morgan fingerprint density at radius 1 is 0.967 bits per heavy atom. The van der Waals surface area contributed by atoms with E-state index in [2.05, 4.69) is 92.4 Å². The summed E-state index contributed by atoms with van der Waals surface area (Å²) in [4.78, 5) is 6.02. The highest BCUT2D eigenvalue weighted by molar-refractivity contribution is 5.83. The molecule has 5 rings (SSSR count). The van der Waals surface area contributed by atoms with Gasteiger partial charge in [-0.1, -0.05) is 48.5 Å². The normalized spacial score (nSPS) is 15.8. The molecule has 5 nitrogen and oxygen atoms in total. The van der Waals surface area contributed by atoms with Crippen molar-refractivity contribution in [1.29, 1.82) is 0 Å². The van der Waals surface area contributed by atoms with Crippen molar-refractivity contribution < 1.29 is 0 Å². The van der Waals surface area contributed by atoms with Crippen LogP contribution in [0.1, 0.15) is 36.1 Å². The van der Waals surface area contributed by atoms with Gasteiger partial charge in [-0.3, -0.25) is 4.90 Å². The summed E-state index contributed by atoms with van der Waals surface area (Å²) in [6.07, 6.45) is 6.27. The average Bonchev–Trinajstić information content (AvgIpc) is 3.30. The maximum absolute atomic E-state index is 4.51. The molecule has 0 saturated carbocycles. The third-order valence-electron chi connectivity index (χ3n) is 6.47. The van der Waals surface area contributed by atoms with Crippen LogP contribution in [0.25, 0.3) is 10.9 Å². The first kappa shape index (κ1) is 19.1. The summed E-state index contributed by atoms with van der Waals surface area (Å²) >= 11 is 0. The fraction of sp³-hybridized carbons (Fsp3) is 0.360. The fourth-order valence-corrected chi connectivity index (χ4v) is 4.63. The van der Waals surface area contributed by atoms with Crippen molar-refractivity contribution in [2.75, 3.05) is 13.1 Å². The Morgan fingerprint density at radius 2 is 1.80 bits per heavy atom. The maximum Gasteiger partial charge on any atom is 0.137 e. The lowest BCUT2D eigenvalue weighted by Gasteiger charge is -2.27. The average molecular weight is 400 g/mol. The van der Waals surface area contributed by atoms with Crippen LogP contribution in [0.5, 0.6) is 0 Å². The maximum atomic E-state index is 4.51. The van der Waals surface area contributed by atoms with Gasteiger partial charge < -0.3 is 9.55 Å². The number of para-hydroxylation sites is 1. The topological polar surface area (TPSA) is 49.7 Å². The lowest BCUT2D eigenvalue weighted by atomic mass is 10.0. The largest absolute Gasteiger partial charge is 0.361 e. The molecular weight excluding hydrogens is 370 g/mol. The molecule has 1 aliphatic heterocycles. The van der Waals surface area contributed by atoms with Crippen molar-refractivity contribution in [2.45, 2.75) is 45.2 Å². The van der Waals surface area contributed by atoms with Crippen LogP contribution < -0.4 is 0 Å². The Bertz CT molecular complexity index is 1110. The first-order valence-electron chi connectivity index (χ1n) is 11.0. The minimum absolute atomic E-state index is 0.550. The molecule has 1 aliphatic rings. The number of aryl methyl sites for hydroxylation is 1. The van der Waals surface area contributed by atoms with Gasteiger partial charge in [0.15, 0.2) is 0 Å². The number of hydrogen-bond donors (Lipinski definition) is 1. The molecule has 1 N–H and O–H groups in total. The molecule has 154 valence electrons.